The molecule has 14 aromatic rings. The van der Waals surface area contributed by atoms with Crippen molar-refractivity contribution in [2.24, 2.45) is 0 Å². The summed E-state index contributed by atoms with van der Waals surface area (Å²) in [4.78, 5) is 4.94. The lowest BCUT2D eigenvalue weighted by Gasteiger charge is -2.32. The molecule has 0 aliphatic heterocycles. The number of benzene rings is 12. The molecule has 77 heavy (non-hydrogen) atoms. The molecule has 2 aliphatic carbocycles. The van der Waals surface area contributed by atoms with Gasteiger partial charge in [-0.1, -0.05) is 206 Å². The van der Waals surface area contributed by atoms with Gasteiger partial charge in [-0.25, -0.2) is 0 Å². The van der Waals surface area contributed by atoms with Gasteiger partial charge in [-0.15, -0.1) is 22.7 Å². The van der Waals surface area contributed by atoms with Gasteiger partial charge >= 0.3 is 0 Å². The van der Waals surface area contributed by atoms with Crippen LogP contribution in [-0.2, 0) is 5.41 Å². The van der Waals surface area contributed by atoms with Crippen molar-refractivity contribution in [2.75, 3.05) is 9.80 Å². The highest BCUT2D eigenvalue weighted by Gasteiger charge is 2.53. The summed E-state index contributed by atoms with van der Waals surface area (Å²) in [5.74, 6) is 0. The van der Waals surface area contributed by atoms with Crippen LogP contribution in [0.25, 0.3) is 84.9 Å². The molecule has 0 atom stereocenters. The molecule has 360 valence electrons. The van der Waals surface area contributed by atoms with Crippen molar-refractivity contribution in [1.82, 2.24) is 0 Å². The molecule has 0 fully saturated rings. The fourth-order valence-electron chi connectivity index (χ4n) is 13.1. The van der Waals surface area contributed by atoms with E-state index < -0.39 is 5.41 Å². The highest BCUT2D eigenvalue weighted by molar-refractivity contribution is 7.26. The Morgan fingerprint density at radius 2 is 0.584 bits per heavy atom. The zero-order chi connectivity index (χ0) is 50.6. The van der Waals surface area contributed by atoms with Gasteiger partial charge in [0.2, 0.25) is 0 Å². The second-order valence-electron chi connectivity index (χ2n) is 20.2. The third-order valence-electron chi connectivity index (χ3n) is 16.3. The maximum absolute atomic E-state index is 2.47. The molecule has 2 aromatic heterocycles. The monoisotopic (exact) mass is 1010 g/mol. The maximum Gasteiger partial charge on any atom is 0.0727 e. The number of thiophene rings is 2. The van der Waals surface area contributed by atoms with E-state index in [9.17, 15) is 0 Å². The lowest BCUT2D eigenvalue weighted by atomic mass is 9.70. The normalized spacial score (nSPS) is 12.8. The molecule has 4 heteroatoms. The summed E-state index contributed by atoms with van der Waals surface area (Å²) >= 11 is 3.76. The largest absolute Gasteiger partial charge is 0.310 e. The minimum Gasteiger partial charge on any atom is -0.310 e. The van der Waals surface area contributed by atoms with Gasteiger partial charge < -0.3 is 9.80 Å². The summed E-state index contributed by atoms with van der Waals surface area (Å²) in [5, 5.41) is 5.26. The number of hydrogen-bond acceptors (Lipinski definition) is 4. The van der Waals surface area contributed by atoms with Crippen LogP contribution >= 0.6 is 22.7 Å². The first-order valence-corrected chi connectivity index (χ1v) is 28.0. The Balaban J connectivity index is 0.866. The second kappa shape index (κ2) is 17.4. The minimum absolute atomic E-state index is 0.589. The Bertz CT molecular complexity index is 4330. The SMILES string of the molecule is c1ccc(N(c2ccc(-c3cccc4c3sc3ccccc34)cc2)c2cccc3c2-c2ccccc2C32c3ccccc3-c3c(N(c4ccccc4)c4ccc(-c5cccc6c5sc5ccccc56)cc4)cccc32)cc1. The molecule has 2 aliphatic rings. The van der Waals surface area contributed by atoms with E-state index >= 15 is 0 Å². The molecule has 16 rings (SSSR count). The number of nitrogens with zero attached hydrogens (tertiary/aromatic N) is 2. The molecule has 0 radical (unpaired) electrons. The summed E-state index contributed by atoms with van der Waals surface area (Å²) in [5.41, 5.74) is 21.3. The Hall–Kier alpha value is -9.32. The van der Waals surface area contributed by atoms with Crippen molar-refractivity contribution in [3.63, 3.8) is 0 Å². The molecule has 0 saturated carbocycles. The Kier molecular flexibility index (Phi) is 9.93. The van der Waals surface area contributed by atoms with E-state index in [2.05, 4.69) is 289 Å². The van der Waals surface area contributed by atoms with E-state index in [1.165, 1.54) is 107 Å². The summed E-state index contributed by atoms with van der Waals surface area (Å²) in [7, 11) is 0. The van der Waals surface area contributed by atoms with Crippen LogP contribution in [-0.4, -0.2) is 0 Å². The third kappa shape index (κ3) is 6.53. The van der Waals surface area contributed by atoms with Crippen LogP contribution < -0.4 is 9.80 Å². The van der Waals surface area contributed by atoms with Crippen LogP contribution in [0.4, 0.5) is 34.1 Å². The quantitative estimate of drug-likeness (QED) is 0.150. The molecule has 0 bridgehead atoms. The molecule has 0 amide bonds. The van der Waals surface area contributed by atoms with E-state index in [-0.39, 0.29) is 0 Å². The average Bonchev–Trinajstić information content (AvgIpc) is 3.98. The fraction of sp³-hybridized carbons (Fsp3) is 0.0137. The zero-order valence-corrected chi connectivity index (χ0v) is 43.4. The number of para-hydroxylation sites is 2. The summed E-state index contributed by atoms with van der Waals surface area (Å²) in [6.07, 6.45) is 0. The smallest absolute Gasteiger partial charge is 0.0727 e. The van der Waals surface area contributed by atoms with Gasteiger partial charge in [-0.3, -0.25) is 0 Å². The number of rotatable bonds is 8. The highest BCUT2D eigenvalue weighted by atomic mass is 32.1. The summed E-state index contributed by atoms with van der Waals surface area (Å²) in [6.45, 7) is 0. The standard InChI is InChI=1S/C73H46N2S2/c1-3-19-49(20-4-1)74(51-43-39-47(40-44-51)53-27-15-29-57-55-23-9-13-37-67(55)76-71(53)57)65-35-17-33-63-69(65)59-25-7-11-31-61(59)73(63)62-32-12-8-26-60(62)70-64(73)34-18-36-66(70)75(50-21-5-2-6-22-50)52-45-41-48(42-46-52)54-28-16-30-58-56-24-10-14-38-68(56)77-72(54)58/h1-46H. The Morgan fingerprint density at radius 3 is 1.04 bits per heavy atom. The van der Waals surface area contributed by atoms with Crippen LogP contribution in [0, 0.1) is 0 Å². The van der Waals surface area contributed by atoms with E-state index in [0.717, 1.165) is 34.1 Å². The van der Waals surface area contributed by atoms with Crippen LogP contribution in [0.5, 0.6) is 0 Å². The maximum atomic E-state index is 2.47. The molecule has 0 N–H and O–H groups in total. The number of hydrogen-bond donors (Lipinski definition) is 0. The number of anilines is 6. The van der Waals surface area contributed by atoms with Crippen molar-refractivity contribution < 1.29 is 0 Å². The molecule has 2 heterocycles. The first-order valence-electron chi connectivity index (χ1n) is 26.4. The number of fused-ring (bicyclic) bond motifs is 16. The van der Waals surface area contributed by atoms with E-state index in [1.807, 2.05) is 22.7 Å². The molecule has 12 aromatic carbocycles. The lowest BCUT2D eigenvalue weighted by Crippen LogP contribution is -2.26. The van der Waals surface area contributed by atoms with Crippen molar-refractivity contribution in [2.45, 2.75) is 5.41 Å². The first-order chi connectivity index (χ1) is 38.2. The van der Waals surface area contributed by atoms with Crippen molar-refractivity contribution in [3.05, 3.63) is 301 Å². The Morgan fingerprint density at radius 1 is 0.247 bits per heavy atom. The van der Waals surface area contributed by atoms with E-state index in [0.29, 0.717) is 0 Å². The predicted molar refractivity (Wildman–Crippen MR) is 329 cm³/mol. The molecule has 0 saturated heterocycles. The van der Waals surface area contributed by atoms with Gasteiger partial charge in [0.25, 0.3) is 0 Å². The lowest BCUT2D eigenvalue weighted by molar-refractivity contribution is 0.793. The van der Waals surface area contributed by atoms with Crippen LogP contribution in [0.1, 0.15) is 22.3 Å². The molecular weight excluding hydrogens is 969 g/mol. The van der Waals surface area contributed by atoms with Gasteiger partial charge in [0.05, 0.1) is 16.8 Å². The molecule has 1 spiro atoms. The average molecular weight is 1020 g/mol. The van der Waals surface area contributed by atoms with Gasteiger partial charge in [-0.2, -0.15) is 0 Å². The third-order valence-corrected chi connectivity index (χ3v) is 18.7. The van der Waals surface area contributed by atoms with E-state index in [1.54, 1.807) is 0 Å². The summed E-state index contributed by atoms with van der Waals surface area (Å²) in [6, 6.07) is 104. The van der Waals surface area contributed by atoms with Crippen molar-refractivity contribution >= 4 is 97.1 Å². The van der Waals surface area contributed by atoms with Crippen molar-refractivity contribution in [1.29, 1.82) is 0 Å². The second-order valence-corrected chi connectivity index (χ2v) is 22.3. The topological polar surface area (TPSA) is 6.48 Å². The van der Waals surface area contributed by atoms with Gasteiger partial charge in [0, 0.05) is 74.2 Å². The molecular formula is C73H46N2S2. The summed E-state index contributed by atoms with van der Waals surface area (Å²) < 4.78 is 5.29. The molecule has 2 nitrogen and oxygen atoms in total. The van der Waals surface area contributed by atoms with Crippen molar-refractivity contribution in [3.8, 4) is 44.5 Å². The Labute approximate surface area is 455 Å². The fourth-order valence-corrected chi connectivity index (χ4v) is 15.6. The minimum atomic E-state index is -0.589. The van der Waals surface area contributed by atoms with Gasteiger partial charge in [0.15, 0.2) is 0 Å². The molecule has 0 unspecified atom stereocenters. The van der Waals surface area contributed by atoms with Gasteiger partial charge in [0.1, 0.15) is 0 Å². The predicted octanol–water partition coefficient (Wildman–Crippen LogP) is 21.0. The first kappa shape index (κ1) is 44.0. The van der Waals surface area contributed by atoms with Gasteiger partial charge in [-0.05, 0) is 128 Å². The van der Waals surface area contributed by atoms with Crippen LogP contribution in [0.3, 0.4) is 0 Å². The van der Waals surface area contributed by atoms with Crippen LogP contribution in [0.2, 0.25) is 0 Å². The van der Waals surface area contributed by atoms with Crippen LogP contribution in [0.15, 0.2) is 279 Å². The van der Waals surface area contributed by atoms with E-state index in [4.69, 9.17) is 0 Å². The zero-order valence-electron chi connectivity index (χ0n) is 41.8. The highest BCUT2D eigenvalue weighted by Crippen LogP contribution is 2.66.